The minimum absolute atomic E-state index is 0.00111. The molecule has 17 heavy (non-hydrogen) atoms. The molecule has 2 rings (SSSR count). The molecule has 88 valence electrons. The fraction of sp³-hybridized carbons (Fsp3) is 0.231. The van der Waals surface area contributed by atoms with Crippen LogP contribution in [0, 0.1) is 19.3 Å². The number of fused-ring (bicyclic) bond motifs is 1. The van der Waals surface area contributed by atoms with E-state index in [1.54, 1.807) is 13.2 Å². The van der Waals surface area contributed by atoms with Gasteiger partial charge in [0.2, 0.25) is 0 Å². The zero-order chi connectivity index (χ0) is 12.6. The predicted molar refractivity (Wildman–Crippen MR) is 68.8 cm³/mol. The van der Waals surface area contributed by atoms with Crippen LogP contribution in [0.15, 0.2) is 18.2 Å². The average molecular weight is 229 g/mol. The lowest BCUT2D eigenvalue weighted by Crippen LogP contribution is -2.14. The number of nitrogens with zero attached hydrogens (tertiary/aromatic N) is 1. The number of aryl methyl sites for hydroxylation is 2. The predicted octanol–water partition coefficient (Wildman–Crippen LogP) is 2.14. The number of methoxy groups -OCH3 is 1. The van der Waals surface area contributed by atoms with Crippen LogP contribution in [0.1, 0.15) is 16.8 Å². The molecule has 0 atom stereocenters. The van der Waals surface area contributed by atoms with Gasteiger partial charge in [0, 0.05) is 11.1 Å². The van der Waals surface area contributed by atoms with E-state index in [1.807, 2.05) is 26.0 Å². The molecule has 1 aromatic carbocycles. The molecule has 1 aromatic heterocycles. The topological polar surface area (TPSA) is 72.0 Å². The maximum atomic E-state index is 7.68. The van der Waals surface area contributed by atoms with Crippen molar-refractivity contribution in [2.75, 3.05) is 7.11 Å². The summed E-state index contributed by atoms with van der Waals surface area (Å²) in [5.74, 6) is 0.611. The highest BCUT2D eigenvalue weighted by Gasteiger charge is 2.14. The second-order valence-corrected chi connectivity index (χ2v) is 4.03. The molecule has 0 saturated heterocycles. The summed E-state index contributed by atoms with van der Waals surface area (Å²) >= 11 is 0. The Hall–Kier alpha value is -2.10. The highest BCUT2D eigenvalue weighted by molar-refractivity contribution is 6.10. The van der Waals surface area contributed by atoms with Crippen molar-refractivity contribution >= 4 is 16.7 Å². The van der Waals surface area contributed by atoms with E-state index < -0.39 is 0 Å². The lowest BCUT2D eigenvalue weighted by Gasteiger charge is -2.12. The van der Waals surface area contributed by atoms with E-state index in [1.165, 1.54) is 0 Å². The summed E-state index contributed by atoms with van der Waals surface area (Å²) in [4.78, 5) is 4.45. The third-order valence-electron chi connectivity index (χ3n) is 2.75. The van der Waals surface area contributed by atoms with Crippen LogP contribution in [-0.4, -0.2) is 17.9 Å². The zero-order valence-corrected chi connectivity index (χ0v) is 10.2. The van der Waals surface area contributed by atoms with Crippen molar-refractivity contribution in [2.45, 2.75) is 13.8 Å². The molecule has 0 radical (unpaired) electrons. The maximum Gasteiger partial charge on any atom is 0.130 e. The van der Waals surface area contributed by atoms with Gasteiger partial charge in [0.25, 0.3) is 0 Å². The van der Waals surface area contributed by atoms with Gasteiger partial charge in [-0.3, -0.25) is 10.4 Å². The first-order chi connectivity index (χ1) is 8.04. The Bertz CT molecular complexity index is 605. The van der Waals surface area contributed by atoms with Gasteiger partial charge in [0.15, 0.2) is 0 Å². The minimum atomic E-state index is 0.00111. The molecule has 1 heterocycles. The second-order valence-electron chi connectivity index (χ2n) is 4.03. The van der Waals surface area contributed by atoms with Crippen LogP contribution in [0.2, 0.25) is 0 Å². The van der Waals surface area contributed by atoms with Gasteiger partial charge in [-0.15, -0.1) is 0 Å². The van der Waals surface area contributed by atoms with Crippen molar-refractivity contribution in [3.05, 3.63) is 35.0 Å². The first-order valence-electron chi connectivity index (χ1n) is 5.34. The summed E-state index contributed by atoms with van der Waals surface area (Å²) in [7, 11) is 1.57. The Balaban J connectivity index is 2.94. The Morgan fingerprint density at radius 2 is 2.06 bits per heavy atom. The van der Waals surface area contributed by atoms with Crippen LogP contribution in [0.3, 0.4) is 0 Å². The summed E-state index contributed by atoms with van der Waals surface area (Å²) in [5, 5.41) is 8.57. The van der Waals surface area contributed by atoms with Gasteiger partial charge in [-0.1, -0.05) is 0 Å². The van der Waals surface area contributed by atoms with Gasteiger partial charge in [-0.2, -0.15) is 0 Å². The largest absolute Gasteiger partial charge is 0.496 e. The van der Waals surface area contributed by atoms with Gasteiger partial charge >= 0.3 is 0 Å². The van der Waals surface area contributed by atoms with Crippen molar-refractivity contribution in [3.63, 3.8) is 0 Å². The normalized spacial score (nSPS) is 10.5. The molecule has 4 nitrogen and oxygen atoms in total. The fourth-order valence-corrected chi connectivity index (χ4v) is 2.11. The van der Waals surface area contributed by atoms with Crippen LogP contribution in [0.5, 0.6) is 5.75 Å². The summed E-state index contributed by atoms with van der Waals surface area (Å²) < 4.78 is 5.25. The lowest BCUT2D eigenvalue weighted by atomic mass is 10.0. The third kappa shape index (κ3) is 1.82. The highest BCUT2D eigenvalue weighted by atomic mass is 16.5. The summed E-state index contributed by atoms with van der Waals surface area (Å²) in [6.45, 7) is 3.94. The molecule has 3 N–H and O–H groups in total. The molecular formula is C13H15N3O. The Morgan fingerprint density at radius 3 is 2.65 bits per heavy atom. The van der Waals surface area contributed by atoms with E-state index in [-0.39, 0.29) is 5.84 Å². The number of benzene rings is 1. The molecule has 4 heteroatoms. The average Bonchev–Trinajstić information content (AvgIpc) is 2.27. The number of nitrogen functional groups attached to an aromatic ring is 1. The molecule has 0 bridgehead atoms. The van der Waals surface area contributed by atoms with Crippen molar-refractivity contribution in [1.82, 2.24) is 4.98 Å². The summed E-state index contributed by atoms with van der Waals surface area (Å²) in [6, 6.07) is 5.67. The Kier molecular flexibility index (Phi) is 2.71. The van der Waals surface area contributed by atoms with E-state index in [0.29, 0.717) is 11.3 Å². The molecular weight excluding hydrogens is 214 g/mol. The molecule has 0 aliphatic heterocycles. The monoisotopic (exact) mass is 229 g/mol. The van der Waals surface area contributed by atoms with Gasteiger partial charge in [0.05, 0.1) is 18.2 Å². The molecule has 0 aliphatic rings. The second kappa shape index (κ2) is 4.05. The lowest BCUT2D eigenvalue weighted by molar-refractivity contribution is 0.414. The number of amidine groups is 1. The molecule has 0 unspecified atom stereocenters. The molecule has 0 saturated carbocycles. The van der Waals surface area contributed by atoms with Crippen LogP contribution in [0.4, 0.5) is 0 Å². The van der Waals surface area contributed by atoms with Crippen molar-refractivity contribution in [1.29, 1.82) is 5.41 Å². The number of ether oxygens (including phenoxy) is 1. The first kappa shape index (κ1) is 11.4. The number of rotatable bonds is 2. The number of nitrogens with one attached hydrogen (secondary N) is 1. The van der Waals surface area contributed by atoms with E-state index >= 15 is 0 Å². The maximum absolute atomic E-state index is 7.68. The molecule has 0 aliphatic carbocycles. The molecule has 0 fully saturated rings. The highest BCUT2D eigenvalue weighted by Crippen LogP contribution is 2.29. The number of nitrogens with two attached hydrogens (primary N) is 1. The standard InChI is InChI=1S/C13H15N3O/c1-7-6-8(2)16-9-4-5-10(17-3)12(11(7)9)13(14)15/h4-6H,1-3H3,(H3,14,15). The smallest absolute Gasteiger partial charge is 0.130 e. The number of hydrogen-bond donors (Lipinski definition) is 2. The minimum Gasteiger partial charge on any atom is -0.496 e. The molecule has 0 spiro atoms. The van der Waals surface area contributed by atoms with Crippen LogP contribution >= 0.6 is 0 Å². The van der Waals surface area contributed by atoms with E-state index in [4.69, 9.17) is 15.9 Å². The fourth-order valence-electron chi connectivity index (χ4n) is 2.11. The van der Waals surface area contributed by atoms with E-state index in [9.17, 15) is 0 Å². The number of hydrogen-bond acceptors (Lipinski definition) is 3. The number of pyridine rings is 1. The zero-order valence-electron chi connectivity index (χ0n) is 10.2. The third-order valence-corrected chi connectivity index (χ3v) is 2.75. The van der Waals surface area contributed by atoms with Crippen molar-refractivity contribution in [3.8, 4) is 5.75 Å². The van der Waals surface area contributed by atoms with E-state index in [2.05, 4.69) is 4.98 Å². The van der Waals surface area contributed by atoms with Gasteiger partial charge in [0.1, 0.15) is 11.6 Å². The van der Waals surface area contributed by atoms with E-state index in [0.717, 1.165) is 22.2 Å². The quantitative estimate of drug-likeness (QED) is 0.612. The number of aromatic nitrogens is 1. The van der Waals surface area contributed by atoms with Crippen molar-refractivity contribution in [2.24, 2.45) is 5.73 Å². The SMILES string of the molecule is COc1ccc2nc(C)cc(C)c2c1C(=N)N. The summed E-state index contributed by atoms with van der Waals surface area (Å²) in [6.07, 6.45) is 0. The van der Waals surface area contributed by atoms with Crippen LogP contribution < -0.4 is 10.5 Å². The van der Waals surface area contributed by atoms with Gasteiger partial charge in [-0.25, -0.2) is 0 Å². The molecule has 2 aromatic rings. The van der Waals surface area contributed by atoms with Crippen molar-refractivity contribution < 1.29 is 4.74 Å². The summed E-state index contributed by atoms with van der Waals surface area (Å²) in [5.41, 5.74) is 9.11. The van der Waals surface area contributed by atoms with Gasteiger partial charge in [-0.05, 0) is 37.6 Å². The van der Waals surface area contributed by atoms with Crippen LogP contribution in [-0.2, 0) is 0 Å². The Morgan fingerprint density at radius 1 is 1.35 bits per heavy atom. The Labute approximate surface area is 99.9 Å². The first-order valence-corrected chi connectivity index (χ1v) is 5.34. The van der Waals surface area contributed by atoms with Gasteiger partial charge < -0.3 is 10.5 Å². The van der Waals surface area contributed by atoms with Crippen LogP contribution in [0.25, 0.3) is 10.9 Å². The molecule has 0 amide bonds.